The van der Waals surface area contributed by atoms with Gasteiger partial charge in [-0.15, -0.1) is 0 Å². The van der Waals surface area contributed by atoms with Crippen LogP contribution in [0.1, 0.15) is 5.56 Å². The van der Waals surface area contributed by atoms with Gasteiger partial charge in [0, 0.05) is 17.5 Å². The Kier molecular flexibility index (Phi) is 5.30. The number of nitro benzene ring substituents is 2. The number of hydrogen-bond acceptors (Lipinski definition) is 6. The number of rotatable bonds is 6. The first-order valence-corrected chi connectivity index (χ1v) is 7.53. The van der Waals surface area contributed by atoms with Crippen LogP contribution in [0, 0.1) is 20.2 Å². The van der Waals surface area contributed by atoms with Crippen LogP contribution in [0.15, 0.2) is 52.3 Å². The summed E-state index contributed by atoms with van der Waals surface area (Å²) >= 11 is 1.24. The van der Waals surface area contributed by atoms with Crippen molar-refractivity contribution in [3.8, 4) is 0 Å². The molecular formula is C15H15N3O4S. The zero-order valence-corrected chi connectivity index (χ0v) is 13.4. The van der Waals surface area contributed by atoms with Gasteiger partial charge in [0.05, 0.1) is 20.8 Å². The van der Waals surface area contributed by atoms with Crippen LogP contribution in [0.4, 0.5) is 11.4 Å². The van der Waals surface area contributed by atoms with Gasteiger partial charge >= 0.3 is 0 Å². The van der Waals surface area contributed by atoms with Crippen LogP contribution < -0.4 is 0 Å². The van der Waals surface area contributed by atoms with Crippen molar-refractivity contribution in [1.82, 2.24) is 4.90 Å². The summed E-state index contributed by atoms with van der Waals surface area (Å²) in [5.41, 5.74) is 0.488. The SMILES string of the molecule is CN(C)Cc1ccccc1Sc1ccc([N+](=O)[O-])cc1[N+](=O)[O-]. The molecule has 2 aromatic rings. The molecule has 0 aliphatic carbocycles. The second-order valence-corrected chi connectivity index (χ2v) is 6.20. The van der Waals surface area contributed by atoms with E-state index in [1.807, 2.05) is 43.3 Å². The van der Waals surface area contributed by atoms with Crippen LogP contribution in [0.2, 0.25) is 0 Å². The fourth-order valence-electron chi connectivity index (χ4n) is 2.04. The van der Waals surface area contributed by atoms with Gasteiger partial charge in [-0.25, -0.2) is 0 Å². The van der Waals surface area contributed by atoms with E-state index in [4.69, 9.17) is 0 Å². The lowest BCUT2D eigenvalue weighted by Crippen LogP contribution is -2.11. The van der Waals surface area contributed by atoms with Crippen LogP contribution >= 0.6 is 11.8 Å². The minimum Gasteiger partial charge on any atom is -0.305 e. The number of nitrogens with zero attached hydrogens (tertiary/aromatic N) is 3. The van der Waals surface area contributed by atoms with Crippen molar-refractivity contribution >= 4 is 23.1 Å². The molecule has 0 N–H and O–H groups in total. The molecule has 7 nitrogen and oxygen atoms in total. The van der Waals surface area contributed by atoms with Gasteiger partial charge in [-0.2, -0.15) is 0 Å². The quantitative estimate of drug-likeness (QED) is 0.591. The molecule has 0 amide bonds. The maximum atomic E-state index is 11.2. The largest absolute Gasteiger partial charge is 0.305 e. The van der Waals surface area contributed by atoms with Crippen LogP contribution in [-0.2, 0) is 6.54 Å². The first-order valence-electron chi connectivity index (χ1n) is 6.72. The minimum absolute atomic E-state index is 0.260. The average molecular weight is 333 g/mol. The summed E-state index contributed by atoms with van der Waals surface area (Å²) in [4.78, 5) is 24.0. The number of hydrogen-bond donors (Lipinski definition) is 0. The molecule has 23 heavy (non-hydrogen) atoms. The highest BCUT2D eigenvalue weighted by Crippen LogP contribution is 2.38. The maximum Gasteiger partial charge on any atom is 0.290 e. The van der Waals surface area contributed by atoms with Crippen molar-refractivity contribution in [1.29, 1.82) is 0 Å². The van der Waals surface area contributed by atoms with E-state index < -0.39 is 9.85 Å². The molecule has 0 spiro atoms. The number of nitro groups is 2. The molecule has 2 aromatic carbocycles. The van der Waals surface area contributed by atoms with E-state index in [1.165, 1.54) is 23.9 Å². The predicted octanol–water partition coefficient (Wildman–Crippen LogP) is 3.72. The van der Waals surface area contributed by atoms with Gasteiger partial charge in [-0.1, -0.05) is 30.0 Å². The molecule has 0 heterocycles. The van der Waals surface area contributed by atoms with E-state index in [0.29, 0.717) is 11.4 Å². The van der Waals surface area contributed by atoms with Gasteiger partial charge in [-0.3, -0.25) is 20.2 Å². The molecule has 8 heteroatoms. The van der Waals surface area contributed by atoms with E-state index in [-0.39, 0.29) is 11.4 Å². The number of non-ortho nitro benzene ring substituents is 1. The number of benzene rings is 2. The lowest BCUT2D eigenvalue weighted by atomic mass is 10.2. The second kappa shape index (κ2) is 7.21. The summed E-state index contributed by atoms with van der Waals surface area (Å²) < 4.78 is 0. The fraction of sp³-hybridized carbons (Fsp3) is 0.200. The van der Waals surface area contributed by atoms with Gasteiger partial charge in [0.1, 0.15) is 0 Å². The Bertz CT molecular complexity index is 749. The highest BCUT2D eigenvalue weighted by Gasteiger charge is 2.20. The zero-order valence-electron chi connectivity index (χ0n) is 12.6. The molecule has 0 saturated heterocycles. The third-order valence-electron chi connectivity index (χ3n) is 3.03. The normalized spacial score (nSPS) is 10.7. The molecule has 0 radical (unpaired) electrons. The maximum absolute atomic E-state index is 11.2. The molecule has 2 rings (SSSR count). The zero-order chi connectivity index (χ0) is 17.0. The highest BCUT2D eigenvalue weighted by molar-refractivity contribution is 7.99. The molecule has 0 unspecified atom stereocenters. The topological polar surface area (TPSA) is 89.5 Å². The Morgan fingerprint density at radius 2 is 1.70 bits per heavy atom. The lowest BCUT2D eigenvalue weighted by molar-refractivity contribution is -0.396. The molecule has 0 atom stereocenters. The smallest absolute Gasteiger partial charge is 0.290 e. The Morgan fingerprint density at radius 3 is 2.30 bits per heavy atom. The lowest BCUT2D eigenvalue weighted by Gasteiger charge is -2.13. The minimum atomic E-state index is -0.637. The summed E-state index contributed by atoms with van der Waals surface area (Å²) in [7, 11) is 3.88. The molecule has 0 aromatic heterocycles. The van der Waals surface area contributed by atoms with Crippen molar-refractivity contribution in [2.24, 2.45) is 0 Å². The van der Waals surface area contributed by atoms with Crippen molar-refractivity contribution < 1.29 is 9.85 Å². The van der Waals surface area contributed by atoms with E-state index >= 15 is 0 Å². The molecule has 0 aliphatic rings. The summed E-state index contributed by atoms with van der Waals surface area (Å²) in [6.07, 6.45) is 0. The molecule has 0 saturated carbocycles. The van der Waals surface area contributed by atoms with Crippen molar-refractivity contribution in [3.05, 3.63) is 68.3 Å². The van der Waals surface area contributed by atoms with Crippen molar-refractivity contribution in [2.75, 3.05) is 14.1 Å². The van der Waals surface area contributed by atoms with Crippen LogP contribution in [0.3, 0.4) is 0 Å². The predicted molar refractivity (Wildman–Crippen MR) is 87.7 cm³/mol. The summed E-state index contributed by atoms with van der Waals surface area (Å²) in [5, 5.41) is 22.0. The first-order chi connectivity index (χ1) is 10.9. The third kappa shape index (κ3) is 4.27. The van der Waals surface area contributed by atoms with Crippen LogP contribution in [0.5, 0.6) is 0 Å². The summed E-state index contributed by atoms with van der Waals surface area (Å²) in [6.45, 7) is 0.698. The highest BCUT2D eigenvalue weighted by atomic mass is 32.2. The Hall–Kier alpha value is -2.45. The van der Waals surface area contributed by atoms with E-state index in [2.05, 4.69) is 0 Å². The standard InChI is InChI=1S/C15H15N3O4S/c1-16(2)10-11-5-3-4-6-14(11)23-15-8-7-12(17(19)20)9-13(15)18(21)22/h3-9H,10H2,1-2H3. The van der Waals surface area contributed by atoms with E-state index in [0.717, 1.165) is 16.5 Å². The van der Waals surface area contributed by atoms with Gasteiger partial charge < -0.3 is 4.90 Å². The monoisotopic (exact) mass is 333 g/mol. The van der Waals surface area contributed by atoms with Gasteiger partial charge in [0.15, 0.2) is 0 Å². The Balaban J connectivity index is 2.41. The summed E-state index contributed by atoms with van der Waals surface area (Å²) in [6, 6.07) is 11.3. The third-order valence-corrected chi connectivity index (χ3v) is 4.21. The van der Waals surface area contributed by atoms with Gasteiger partial charge in [-0.05, 0) is 31.8 Å². The Morgan fingerprint density at radius 1 is 1.00 bits per heavy atom. The molecule has 0 aliphatic heterocycles. The van der Waals surface area contributed by atoms with Crippen LogP contribution in [0.25, 0.3) is 0 Å². The average Bonchev–Trinajstić information content (AvgIpc) is 2.48. The van der Waals surface area contributed by atoms with Crippen molar-refractivity contribution in [3.63, 3.8) is 0 Å². The van der Waals surface area contributed by atoms with Gasteiger partial charge in [0.25, 0.3) is 11.4 Å². The first kappa shape index (κ1) is 16.9. The molecular weight excluding hydrogens is 318 g/mol. The van der Waals surface area contributed by atoms with Crippen LogP contribution in [-0.4, -0.2) is 28.8 Å². The Labute approximate surface area is 137 Å². The second-order valence-electron chi connectivity index (χ2n) is 5.11. The molecule has 0 fully saturated rings. The van der Waals surface area contributed by atoms with Gasteiger partial charge in [0.2, 0.25) is 0 Å². The van der Waals surface area contributed by atoms with Crippen molar-refractivity contribution in [2.45, 2.75) is 16.3 Å². The van der Waals surface area contributed by atoms with E-state index in [1.54, 1.807) is 0 Å². The van der Waals surface area contributed by atoms with E-state index in [9.17, 15) is 20.2 Å². The molecule has 0 bridgehead atoms. The summed E-state index contributed by atoms with van der Waals surface area (Å²) in [5.74, 6) is 0. The fourth-order valence-corrected chi connectivity index (χ4v) is 3.06. The molecule has 120 valence electrons.